The zero-order chi connectivity index (χ0) is 20.8. The molecule has 0 aliphatic rings. The van der Waals surface area contributed by atoms with Gasteiger partial charge in [0.1, 0.15) is 11.4 Å². The van der Waals surface area contributed by atoms with E-state index in [-0.39, 0.29) is 5.91 Å². The average molecular weight is 393 g/mol. The molecule has 160 valence electrons. The van der Waals surface area contributed by atoms with E-state index < -0.39 is 5.60 Å². The number of hydrogen-bond donors (Lipinski definition) is 1. The van der Waals surface area contributed by atoms with Crippen molar-refractivity contribution in [3.63, 3.8) is 0 Å². The van der Waals surface area contributed by atoms with Crippen molar-refractivity contribution >= 4 is 11.6 Å². The van der Waals surface area contributed by atoms with E-state index in [1.54, 1.807) is 0 Å². The highest BCUT2D eigenvalue weighted by atomic mass is 16.5. The summed E-state index contributed by atoms with van der Waals surface area (Å²) in [4.78, 5) is 15.1. The Labute approximate surface area is 171 Å². The molecule has 0 aliphatic heterocycles. The Morgan fingerprint density at radius 2 is 1.71 bits per heavy atom. The number of nitrogens with zero attached hydrogens (tertiary/aromatic N) is 1. The lowest BCUT2D eigenvalue weighted by atomic mass is 9.96. The maximum Gasteiger partial charge on any atom is 0.256 e. The summed E-state index contributed by atoms with van der Waals surface area (Å²) in [5.41, 5.74) is -0.0225. The zero-order valence-corrected chi connectivity index (χ0v) is 18.6. The Kier molecular flexibility index (Phi) is 11.8. The fraction of sp³-hybridized carbons (Fsp3) is 0.696. The minimum atomic E-state index is -0.788. The number of carbonyl (C=O) groups excluding carboxylic acids is 1. The monoisotopic (exact) mass is 392 g/mol. The van der Waals surface area contributed by atoms with Crippen molar-refractivity contribution < 1.29 is 14.3 Å². The van der Waals surface area contributed by atoms with E-state index in [1.807, 2.05) is 38.1 Å². The summed E-state index contributed by atoms with van der Waals surface area (Å²) in [7, 11) is 0. The predicted octanol–water partition coefficient (Wildman–Crippen LogP) is 5.11. The van der Waals surface area contributed by atoms with Crippen LogP contribution in [-0.2, 0) is 9.53 Å². The molecular formula is C23H40N2O3. The van der Waals surface area contributed by atoms with Crippen LogP contribution in [0, 0.1) is 0 Å². The minimum absolute atomic E-state index is 0.0849. The number of hydrogen-bond acceptors (Lipinski definition) is 4. The van der Waals surface area contributed by atoms with Gasteiger partial charge < -0.3 is 19.7 Å². The molecule has 0 saturated carbocycles. The maximum absolute atomic E-state index is 12.8. The number of nitrogens with one attached hydrogen (secondary N) is 1. The standard InChI is InChI=1S/C23H40N2O3/c1-6-10-11-17-23(5,28-9-4)22(26)24-20-13-15-21(16-14-20)27-19-12-18-25(7-2)8-3/h13-16H,6-12,17-19H2,1-5H3,(H,24,26)/t23-/m1/s1. The van der Waals surface area contributed by atoms with E-state index >= 15 is 0 Å². The normalized spacial score (nSPS) is 13.4. The maximum atomic E-state index is 12.8. The molecule has 5 nitrogen and oxygen atoms in total. The van der Waals surface area contributed by atoms with Crippen molar-refractivity contribution in [2.24, 2.45) is 0 Å². The van der Waals surface area contributed by atoms with E-state index in [9.17, 15) is 4.79 Å². The first-order chi connectivity index (χ1) is 13.5. The van der Waals surface area contributed by atoms with Crippen molar-refractivity contribution in [3.8, 4) is 5.75 Å². The molecule has 1 amide bonds. The van der Waals surface area contributed by atoms with Gasteiger partial charge in [-0.2, -0.15) is 0 Å². The van der Waals surface area contributed by atoms with E-state index in [1.165, 1.54) is 0 Å². The topological polar surface area (TPSA) is 50.8 Å². The molecule has 1 N–H and O–H groups in total. The van der Waals surface area contributed by atoms with Gasteiger partial charge in [0.2, 0.25) is 0 Å². The Balaban J connectivity index is 2.52. The lowest BCUT2D eigenvalue weighted by Gasteiger charge is -2.28. The second-order valence-corrected chi connectivity index (χ2v) is 7.33. The van der Waals surface area contributed by atoms with Crippen molar-refractivity contribution in [3.05, 3.63) is 24.3 Å². The lowest BCUT2D eigenvalue weighted by molar-refractivity contribution is -0.139. The van der Waals surface area contributed by atoms with Crippen molar-refractivity contribution in [1.82, 2.24) is 4.90 Å². The van der Waals surface area contributed by atoms with Crippen molar-refractivity contribution in [2.75, 3.05) is 38.2 Å². The number of carbonyl (C=O) groups is 1. The molecule has 0 heterocycles. The number of unbranched alkanes of at least 4 members (excludes halogenated alkanes) is 2. The Morgan fingerprint density at radius 1 is 1.04 bits per heavy atom. The van der Waals surface area contributed by atoms with Gasteiger partial charge in [-0.3, -0.25) is 4.79 Å². The molecule has 0 radical (unpaired) electrons. The van der Waals surface area contributed by atoms with Gasteiger partial charge in [-0.1, -0.05) is 40.0 Å². The summed E-state index contributed by atoms with van der Waals surface area (Å²) in [5, 5.41) is 2.99. The number of rotatable bonds is 15. The second-order valence-electron chi connectivity index (χ2n) is 7.33. The van der Waals surface area contributed by atoms with Gasteiger partial charge in [0.05, 0.1) is 6.61 Å². The van der Waals surface area contributed by atoms with Crippen LogP contribution in [0.2, 0.25) is 0 Å². The molecule has 0 bridgehead atoms. The van der Waals surface area contributed by atoms with Crippen LogP contribution in [-0.4, -0.2) is 49.3 Å². The van der Waals surface area contributed by atoms with Gasteiger partial charge in [-0.05, 0) is 64.0 Å². The molecule has 0 fully saturated rings. The minimum Gasteiger partial charge on any atom is -0.494 e. The summed E-state index contributed by atoms with van der Waals surface area (Å²) < 4.78 is 11.6. The van der Waals surface area contributed by atoms with Crippen LogP contribution >= 0.6 is 0 Å². The third kappa shape index (κ3) is 8.61. The van der Waals surface area contributed by atoms with E-state index in [0.29, 0.717) is 13.2 Å². The molecular weight excluding hydrogens is 352 g/mol. The average Bonchev–Trinajstić information content (AvgIpc) is 2.69. The fourth-order valence-corrected chi connectivity index (χ4v) is 3.20. The van der Waals surface area contributed by atoms with Gasteiger partial charge >= 0.3 is 0 Å². The van der Waals surface area contributed by atoms with Gasteiger partial charge in [0.15, 0.2) is 0 Å². The summed E-state index contributed by atoms with van der Waals surface area (Å²) >= 11 is 0. The van der Waals surface area contributed by atoms with Crippen LogP contribution in [0.4, 0.5) is 5.69 Å². The summed E-state index contributed by atoms with van der Waals surface area (Å²) in [5.74, 6) is 0.742. The van der Waals surface area contributed by atoms with Crippen LogP contribution in [0.5, 0.6) is 5.75 Å². The Hall–Kier alpha value is -1.59. The lowest BCUT2D eigenvalue weighted by Crippen LogP contribution is -2.42. The molecule has 1 aromatic carbocycles. The summed E-state index contributed by atoms with van der Waals surface area (Å²) in [6.45, 7) is 14.7. The Morgan fingerprint density at radius 3 is 2.29 bits per heavy atom. The van der Waals surface area contributed by atoms with Gasteiger partial charge in [0.25, 0.3) is 5.91 Å². The summed E-state index contributed by atoms with van der Waals surface area (Å²) in [6, 6.07) is 7.58. The molecule has 0 aromatic heterocycles. The smallest absolute Gasteiger partial charge is 0.256 e. The SMILES string of the molecule is CCCCC[C@@](C)(OCC)C(=O)Nc1ccc(OCCCN(CC)CC)cc1. The third-order valence-corrected chi connectivity index (χ3v) is 5.09. The largest absolute Gasteiger partial charge is 0.494 e. The highest BCUT2D eigenvalue weighted by Gasteiger charge is 2.33. The first-order valence-corrected chi connectivity index (χ1v) is 10.9. The number of benzene rings is 1. The molecule has 1 atom stereocenters. The number of ether oxygens (including phenoxy) is 2. The number of amides is 1. The highest BCUT2D eigenvalue weighted by Crippen LogP contribution is 2.23. The molecule has 5 heteroatoms. The third-order valence-electron chi connectivity index (χ3n) is 5.09. The van der Waals surface area contributed by atoms with Crippen LogP contribution in [0.3, 0.4) is 0 Å². The molecule has 1 rings (SSSR count). The zero-order valence-electron chi connectivity index (χ0n) is 18.6. The quantitative estimate of drug-likeness (QED) is 0.421. The Bertz CT molecular complexity index is 543. The molecule has 0 aliphatic carbocycles. The van der Waals surface area contributed by atoms with E-state index in [4.69, 9.17) is 9.47 Å². The predicted molar refractivity (Wildman–Crippen MR) is 117 cm³/mol. The molecule has 0 spiro atoms. The van der Waals surface area contributed by atoms with Crippen LogP contribution in [0.1, 0.15) is 66.7 Å². The van der Waals surface area contributed by atoms with Crippen LogP contribution in [0.25, 0.3) is 0 Å². The summed E-state index contributed by atoms with van der Waals surface area (Å²) in [6.07, 6.45) is 4.95. The molecule has 28 heavy (non-hydrogen) atoms. The van der Waals surface area contributed by atoms with Crippen molar-refractivity contribution in [2.45, 2.75) is 72.3 Å². The van der Waals surface area contributed by atoms with Crippen LogP contribution < -0.4 is 10.1 Å². The molecule has 0 unspecified atom stereocenters. The first kappa shape index (κ1) is 24.4. The highest BCUT2D eigenvalue weighted by molar-refractivity contribution is 5.97. The first-order valence-electron chi connectivity index (χ1n) is 10.9. The fourth-order valence-electron chi connectivity index (χ4n) is 3.20. The second kappa shape index (κ2) is 13.6. The van der Waals surface area contributed by atoms with Crippen molar-refractivity contribution in [1.29, 1.82) is 0 Å². The number of anilines is 1. The van der Waals surface area contributed by atoms with Gasteiger partial charge in [-0.15, -0.1) is 0 Å². The van der Waals surface area contributed by atoms with Crippen LogP contribution in [0.15, 0.2) is 24.3 Å². The van der Waals surface area contributed by atoms with E-state index in [0.717, 1.165) is 63.2 Å². The van der Waals surface area contributed by atoms with Gasteiger partial charge in [-0.25, -0.2) is 0 Å². The molecule has 1 aromatic rings. The van der Waals surface area contributed by atoms with E-state index in [2.05, 4.69) is 31.0 Å². The molecule has 0 saturated heterocycles. The van der Waals surface area contributed by atoms with Gasteiger partial charge in [0, 0.05) is 18.8 Å².